The molecule has 7 nitrogen and oxygen atoms in total. The second-order valence-electron chi connectivity index (χ2n) is 6.92. The number of aliphatic hydroxyl groups excluding tert-OH is 2. The summed E-state index contributed by atoms with van der Waals surface area (Å²) in [5, 5.41) is 26.9. The van der Waals surface area contributed by atoms with Gasteiger partial charge in [0.1, 0.15) is 10.8 Å². The molecule has 1 fully saturated rings. The van der Waals surface area contributed by atoms with E-state index in [9.17, 15) is 10.2 Å². The first-order valence-corrected chi connectivity index (χ1v) is 9.88. The molecule has 0 bridgehead atoms. The van der Waals surface area contributed by atoms with Gasteiger partial charge in [0.05, 0.1) is 27.6 Å². The van der Waals surface area contributed by atoms with Crippen molar-refractivity contribution in [2.45, 2.75) is 31.9 Å². The van der Waals surface area contributed by atoms with Crippen molar-refractivity contribution in [1.29, 1.82) is 0 Å². The van der Waals surface area contributed by atoms with Crippen molar-refractivity contribution >= 4 is 33.3 Å². The first-order chi connectivity index (χ1) is 13.1. The second kappa shape index (κ2) is 7.38. The standard InChI is InChI=1S/C19H23N5O2S/c1-10-16(18-23-13-5-3-4-6-15(13)27-18)17(24-19(20-2)21-10)22-12-7-11(9-25)14(26)8-12/h3-6,11-12,14,25-26H,7-9H2,1-2H3,(H2,20,21,22,24)/t11-,12-,14+/m1/s1. The van der Waals surface area contributed by atoms with E-state index in [-0.39, 0.29) is 18.6 Å². The Hall–Kier alpha value is -2.29. The lowest BCUT2D eigenvalue weighted by Gasteiger charge is -2.17. The zero-order valence-corrected chi connectivity index (χ0v) is 16.1. The van der Waals surface area contributed by atoms with E-state index < -0.39 is 6.10 Å². The van der Waals surface area contributed by atoms with Crippen LogP contribution in [-0.2, 0) is 0 Å². The van der Waals surface area contributed by atoms with Crippen LogP contribution in [0, 0.1) is 12.8 Å². The highest BCUT2D eigenvalue weighted by atomic mass is 32.1. The van der Waals surface area contributed by atoms with Crippen LogP contribution in [-0.4, -0.2) is 51.0 Å². The maximum Gasteiger partial charge on any atom is 0.224 e. The average molecular weight is 385 g/mol. The van der Waals surface area contributed by atoms with E-state index in [1.807, 2.05) is 25.1 Å². The molecule has 8 heteroatoms. The fraction of sp³-hybridized carbons (Fsp3) is 0.421. The number of rotatable bonds is 5. The minimum Gasteiger partial charge on any atom is -0.396 e. The van der Waals surface area contributed by atoms with E-state index in [4.69, 9.17) is 4.98 Å². The quantitative estimate of drug-likeness (QED) is 0.535. The molecule has 1 saturated carbocycles. The van der Waals surface area contributed by atoms with Crippen LogP contribution in [0.2, 0.25) is 0 Å². The van der Waals surface area contributed by atoms with E-state index in [1.165, 1.54) is 0 Å². The maximum absolute atomic E-state index is 10.1. The SMILES string of the molecule is CNc1nc(C)c(-c2nc3ccccc3s2)c(N[C@@H]2C[C@H](CO)[C@@H](O)C2)n1. The molecule has 1 aromatic carbocycles. The Kier molecular flexibility index (Phi) is 4.94. The third-order valence-electron chi connectivity index (χ3n) is 5.05. The predicted molar refractivity (Wildman–Crippen MR) is 108 cm³/mol. The Bertz CT molecular complexity index is 927. The van der Waals surface area contributed by atoms with Crippen molar-refractivity contribution in [1.82, 2.24) is 15.0 Å². The van der Waals surface area contributed by atoms with Gasteiger partial charge in [-0.25, -0.2) is 9.97 Å². The molecular formula is C19H23N5O2S. The highest BCUT2D eigenvalue weighted by Gasteiger charge is 2.33. The molecule has 0 saturated heterocycles. The number of nitrogens with zero attached hydrogens (tertiary/aromatic N) is 3. The number of benzene rings is 1. The van der Waals surface area contributed by atoms with E-state index in [0.29, 0.717) is 24.6 Å². The molecule has 2 heterocycles. The Morgan fingerprint density at radius 1 is 1.19 bits per heavy atom. The maximum atomic E-state index is 10.1. The summed E-state index contributed by atoms with van der Waals surface area (Å²) in [6.45, 7) is 1.95. The number of para-hydroxylation sites is 1. The Balaban J connectivity index is 1.74. The topological polar surface area (TPSA) is 103 Å². The summed E-state index contributed by atoms with van der Waals surface area (Å²) in [5.41, 5.74) is 2.68. The molecule has 1 aliphatic carbocycles. The van der Waals surface area contributed by atoms with Crippen molar-refractivity contribution in [3.8, 4) is 10.6 Å². The number of nitrogens with one attached hydrogen (secondary N) is 2. The zero-order valence-electron chi connectivity index (χ0n) is 15.3. The van der Waals surface area contributed by atoms with Crippen molar-refractivity contribution in [2.75, 3.05) is 24.3 Å². The van der Waals surface area contributed by atoms with Crippen LogP contribution in [0.15, 0.2) is 24.3 Å². The summed E-state index contributed by atoms with van der Waals surface area (Å²) in [4.78, 5) is 13.9. The van der Waals surface area contributed by atoms with Gasteiger partial charge in [-0.2, -0.15) is 4.98 Å². The molecule has 1 aliphatic rings. The largest absolute Gasteiger partial charge is 0.396 e. The van der Waals surface area contributed by atoms with Gasteiger partial charge in [0.15, 0.2) is 0 Å². The number of thiazole rings is 1. The lowest BCUT2D eigenvalue weighted by atomic mass is 10.1. The smallest absolute Gasteiger partial charge is 0.224 e. The van der Waals surface area contributed by atoms with Gasteiger partial charge in [0, 0.05) is 25.6 Å². The number of aryl methyl sites for hydroxylation is 1. The van der Waals surface area contributed by atoms with E-state index in [1.54, 1.807) is 18.4 Å². The molecule has 0 amide bonds. The van der Waals surface area contributed by atoms with Crippen LogP contribution in [0.5, 0.6) is 0 Å². The van der Waals surface area contributed by atoms with Crippen LogP contribution in [0.3, 0.4) is 0 Å². The highest BCUT2D eigenvalue weighted by molar-refractivity contribution is 7.21. The van der Waals surface area contributed by atoms with E-state index in [0.717, 1.165) is 26.5 Å². The molecule has 142 valence electrons. The summed E-state index contributed by atoms with van der Waals surface area (Å²) >= 11 is 1.61. The van der Waals surface area contributed by atoms with E-state index >= 15 is 0 Å². The Morgan fingerprint density at radius 2 is 2.00 bits per heavy atom. The van der Waals surface area contributed by atoms with Crippen molar-refractivity contribution in [2.24, 2.45) is 5.92 Å². The van der Waals surface area contributed by atoms with Crippen LogP contribution in [0.25, 0.3) is 20.8 Å². The number of aromatic nitrogens is 3. The number of aliphatic hydroxyl groups is 2. The summed E-state index contributed by atoms with van der Waals surface area (Å²) in [5.74, 6) is 1.15. The second-order valence-corrected chi connectivity index (χ2v) is 7.95. The summed E-state index contributed by atoms with van der Waals surface area (Å²) in [7, 11) is 1.79. The molecular weight excluding hydrogens is 362 g/mol. The van der Waals surface area contributed by atoms with Gasteiger partial charge in [-0.15, -0.1) is 11.3 Å². The molecule has 3 atom stereocenters. The van der Waals surface area contributed by atoms with Crippen LogP contribution in [0.4, 0.5) is 11.8 Å². The van der Waals surface area contributed by atoms with Gasteiger partial charge in [0.25, 0.3) is 0 Å². The first-order valence-electron chi connectivity index (χ1n) is 9.06. The molecule has 4 N–H and O–H groups in total. The lowest BCUT2D eigenvalue weighted by molar-refractivity contribution is 0.0908. The molecule has 0 unspecified atom stereocenters. The third-order valence-corrected chi connectivity index (χ3v) is 6.11. The van der Waals surface area contributed by atoms with Gasteiger partial charge >= 0.3 is 0 Å². The average Bonchev–Trinajstić information content (AvgIpc) is 3.23. The minimum absolute atomic E-state index is 0.00532. The number of anilines is 2. The summed E-state index contributed by atoms with van der Waals surface area (Å²) in [6.07, 6.45) is 0.794. The molecule has 0 aliphatic heterocycles. The number of hydrogen-bond donors (Lipinski definition) is 4. The van der Waals surface area contributed by atoms with Gasteiger partial charge in [-0.05, 0) is 31.9 Å². The highest BCUT2D eigenvalue weighted by Crippen LogP contribution is 2.37. The van der Waals surface area contributed by atoms with Gasteiger partial charge in [-0.3, -0.25) is 0 Å². The van der Waals surface area contributed by atoms with E-state index in [2.05, 4.69) is 26.7 Å². The normalized spacial score (nSPS) is 22.3. The summed E-state index contributed by atoms with van der Waals surface area (Å²) in [6, 6.07) is 8.09. The summed E-state index contributed by atoms with van der Waals surface area (Å²) < 4.78 is 1.12. The van der Waals surface area contributed by atoms with Gasteiger partial charge in [0.2, 0.25) is 5.95 Å². The van der Waals surface area contributed by atoms with Crippen LogP contribution < -0.4 is 10.6 Å². The Morgan fingerprint density at radius 3 is 2.70 bits per heavy atom. The van der Waals surface area contributed by atoms with Crippen molar-refractivity contribution < 1.29 is 10.2 Å². The first kappa shape index (κ1) is 18.1. The fourth-order valence-corrected chi connectivity index (χ4v) is 4.70. The lowest BCUT2D eigenvalue weighted by Crippen LogP contribution is -2.19. The predicted octanol–water partition coefficient (Wildman–Crippen LogP) is 2.65. The molecule has 3 aromatic rings. The fourth-order valence-electron chi connectivity index (χ4n) is 3.63. The molecule has 0 spiro atoms. The zero-order chi connectivity index (χ0) is 19.0. The number of hydrogen-bond acceptors (Lipinski definition) is 8. The molecule has 0 radical (unpaired) electrons. The molecule has 27 heavy (non-hydrogen) atoms. The van der Waals surface area contributed by atoms with Crippen LogP contribution in [0.1, 0.15) is 18.5 Å². The minimum atomic E-state index is -0.495. The van der Waals surface area contributed by atoms with Gasteiger partial charge < -0.3 is 20.8 Å². The van der Waals surface area contributed by atoms with Crippen molar-refractivity contribution in [3.05, 3.63) is 30.0 Å². The van der Waals surface area contributed by atoms with Crippen LogP contribution >= 0.6 is 11.3 Å². The number of fused-ring (bicyclic) bond motifs is 1. The third kappa shape index (κ3) is 3.47. The monoisotopic (exact) mass is 385 g/mol. The Labute approximate surface area is 161 Å². The van der Waals surface area contributed by atoms with Crippen molar-refractivity contribution in [3.63, 3.8) is 0 Å². The molecule has 4 rings (SSSR count). The van der Waals surface area contributed by atoms with Gasteiger partial charge in [-0.1, -0.05) is 12.1 Å². The molecule has 2 aromatic heterocycles.